The summed E-state index contributed by atoms with van der Waals surface area (Å²) in [6, 6.07) is 6.99. The number of benzene rings is 1. The summed E-state index contributed by atoms with van der Waals surface area (Å²) in [5.41, 5.74) is 5.49. The zero-order valence-corrected chi connectivity index (χ0v) is 15.8. The molecule has 1 aromatic carbocycles. The summed E-state index contributed by atoms with van der Waals surface area (Å²) in [5, 5.41) is 4.62. The molecule has 2 heterocycles. The van der Waals surface area contributed by atoms with Crippen molar-refractivity contribution in [1.82, 2.24) is 15.8 Å². The van der Waals surface area contributed by atoms with Crippen LogP contribution in [0.2, 0.25) is 0 Å². The van der Waals surface area contributed by atoms with Gasteiger partial charge in [0.25, 0.3) is 5.91 Å². The number of amides is 2. The number of aromatic nitrogens is 1. The number of nitrogens with zero attached hydrogens (tertiary/aromatic N) is 1. The van der Waals surface area contributed by atoms with Crippen molar-refractivity contribution in [2.75, 3.05) is 0 Å². The number of hydrazine groups is 1. The van der Waals surface area contributed by atoms with E-state index in [1.165, 1.54) is 35.6 Å². The van der Waals surface area contributed by atoms with Crippen LogP contribution < -0.4 is 10.9 Å². The first-order chi connectivity index (χ1) is 12.0. The first-order valence-corrected chi connectivity index (χ1v) is 9.60. The lowest BCUT2D eigenvalue weighted by atomic mass is 10.2. The van der Waals surface area contributed by atoms with Gasteiger partial charge in [0.05, 0.1) is 17.0 Å². The van der Waals surface area contributed by atoms with Crippen molar-refractivity contribution in [3.05, 3.63) is 62.6 Å². The van der Waals surface area contributed by atoms with Gasteiger partial charge in [0, 0.05) is 20.8 Å². The molecule has 2 amide bonds. The second-order valence-electron chi connectivity index (χ2n) is 4.96. The highest BCUT2D eigenvalue weighted by atomic mass is 79.9. The van der Waals surface area contributed by atoms with Crippen LogP contribution in [0.1, 0.15) is 16.1 Å². The molecular formula is C16H11BrFN3O2S2. The molecule has 3 rings (SSSR count). The molecule has 2 N–H and O–H groups in total. The van der Waals surface area contributed by atoms with Crippen molar-refractivity contribution in [2.24, 2.45) is 0 Å². The molecule has 0 atom stereocenters. The summed E-state index contributed by atoms with van der Waals surface area (Å²) in [4.78, 5) is 29.2. The molecule has 0 aliphatic rings. The minimum absolute atomic E-state index is 0.0484. The SMILES string of the molecule is O=C(Cc1csc(-c2cc(Br)cs2)n1)NNC(=O)c1ccc(F)cc1. The number of halogens is 2. The second kappa shape index (κ2) is 7.85. The van der Waals surface area contributed by atoms with Gasteiger partial charge in [-0.1, -0.05) is 0 Å². The van der Waals surface area contributed by atoms with Gasteiger partial charge < -0.3 is 0 Å². The minimum Gasteiger partial charge on any atom is -0.273 e. The Labute approximate surface area is 159 Å². The van der Waals surface area contributed by atoms with Gasteiger partial charge in [-0.3, -0.25) is 20.4 Å². The Bertz CT molecular complexity index is 908. The van der Waals surface area contributed by atoms with Crippen molar-refractivity contribution >= 4 is 50.4 Å². The van der Waals surface area contributed by atoms with E-state index >= 15 is 0 Å². The van der Waals surface area contributed by atoms with Gasteiger partial charge in [-0.2, -0.15) is 0 Å². The highest BCUT2D eigenvalue weighted by Gasteiger charge is 2.12. The molecule has 25 heavy (non-hydrogen) atoms. The van der Waals surface area contributed by atoms with Crippen molar-refractivity contribution in [2.45, 2.75) is 6.42 Å². The zero-order chi connectivity index (χ0) is 17.8. The monoisotopic (exact) mass is 439 g/mol. The smallest absolute Gasteiger partial charge is 0.269 e. The van der Waals surface area contributed by atoms with E-state index in [1.807, 2.05) is 16.8 Å². The van der Waals surface area contributed by atoms with Crippen LogP contribution in [0.5, 0.6) is 0 Å². The third-order valence-electron chi connectivity index (χ3n) is 3.09. The number of hydrogen-bond acceptors (Lipinski definition) is 5. The maximum Gasteiger partial charge on any atom is 0.269 e. The van der Waals surface area contributed by atoms with E-state index in [9.17, 15) is 14.0 Å². The highest BCUT2D eigenvalue weighted by Crippen LogP contribution is 2.31. The van der Waals surface area contributed by atoms with E-state index in [0.717, 1.165) is 14.4 Å². The highest BCUT2D eigenvalue weighted by molar-refractivity contribution is 9.10. The van der Waals surface area contributed by atoms with Gasteiger partial charge in [0.2, 0.25) is 5.91 Å². The fourth-order valence-electron chi connectivity index (χ4n) is 1.94. The molecule has 0 radical (unpaired) electrons. The molecule has 128 valence electrons. The number of thiazole rings is 1. The molecule has 5 nitrogen and oxygen atoms in total. The Kier molecular flexibility index (Phi) is 5.57. The number of hydrogen-bond donors (Lipinski definition) is 2. The van der Waals surface area contributed by atoms with Crippen LogP contribution in [0.3, 0.4) is 0 Å². The van der Waals surface area contributed by atoms with Gasteiger partial charge in [0.15, 0.2) is 0 Å². The quantitative estimate of drug-likeness (QED) is 0.607. The summed E-state index contributed by atoms with van der Waals surface area (Å²) in [6.45, 7) is 0. The summed E-state index contributed by atoms with van der Waals surface area (Å²) >= 11 is 6.42. The molecule has 2 aromatic heterocycles. The first kappa shape index (κ1) is 17.7. The molecule has 0 bridgehead atoms. The minimum atomic E-state index is -0.518. The third-order valence-corrected chi connectivity index (χ3v) is 5.84. The number of carbonyl (C=O) groups is 2. The molecule has 0 aliphatic carbocycles. The van der Waals surface area contributed by atoms with Crippen molar-refractivity contribution in [3.8, 4) is 9.88 Å². The molecule has 0 spiro atoms. The third kappa shape index (κ3) is 4.71. The predicted octanol–water partition coefficient (Wildman–Crippen LogP) is 3.78. The van der Waals surface area contributed by atoms with E-state index in [2.05, 4.69) is 31.8 Å². The van der Waals surface area contributed by atoms with Crippen LogP contribution in [-0.4, -0.2) is 16.8 Å². The lowest BCUT2D eigenvalue weighted by molar-refractivity contribution is -0.121. The topological polar surface area (TPSA) is 71.1 Å². The fourth-order valence-corrected chi connectivity index (χ4v) is 4.26. The Hall–Kier alpha value is -2.10. The maximum absolute atomic E-state index is 12.8. The van der Waals surface area contributed by atoms with E-state index in [1.54, 1.807) is 11.3 Å². The number of thiophene rings is 1. The fraction of sp³-hybridized carbons (Fsp3) is 0.0625. The lowest BCUT2D eigenvalue weighted by Gasteiger charge is -2.06. The van der Waals surface area contributed by atoms with Crippen LogP contribution in [0.25, 0.3) is 9.88 Å². The number of nitrogens with one attached hydrogen (secondary N) is 2. The average molecular weight is 440 g/mol. The van der Waals surface area contributed by atoms with E-state index in [0.29, 0.717) is 5.69 Å². The Morgan fingerprint density at radius 1 is 1.12 bits per heavy atom. The Morgan fingerprint density at radius 3 is 2.56 bits per heavy atom. The first-order valence-electron chi connectivity index (χ1n) is 7.05. The van der Waals surface area contributed by atoms with Gasteiger partial charge in [-0.05, 0) is 46.3 Å². The summed E-state index contributed by atoms with van der Waals surface area (Å²) in [7, 11) is 0. The molecule has 0 saturated heterocycles. The van der Waals surface area contributed by atoms with Gasteiger partial charge in [-0.15, -0.1) is 22.7 Å². The second-order valence-corrected chi connectivity index (χ2v) is 7.64. The molecular weight excluding hydrogens is 429 g/mol. The summed E-state index contributed by atoms with van der Waals surface area (Å²) < 4.78 is 13.8. The average Bonchev–Trinajstić information content (AvgIpc) is 3.22. The largest absolute Gasteiger partial charge is 0.273 e. The van der Waals surface area contributed by atoms with Crippen molar-refractivity contribution in [1.29, 1.82) is 0 Å². The van der Waals surface area contributed by atoms with Crippen LogP contribution >= 0.6 is 38.6 Å². The van der Waals surface area contributed by atoms with Crippen molar-refractivity contribution < 1.29 is 14.0 Å². The molecule has 0 aliphatic heterocycles. The maximum atomic E-state index is 12.8. The van der Waals surface area contributed by atoms with E-state index in [4.69, 9.17) is 0 Å². The van der Waals surface area contributed by atoms with Gasteiger partial charge >= 0.3 is 0 Å². The van der Waals surface area contributed by atoms with E-state index in [-0.39, 0.29) is 17.9 Å². The van der Waals surface area contributed by atoms with Gasteiger partial charge in [0.1, 0.15) is 10.8 Å². The molecule has 0 unspecified atom stereocenters. The van der Waals surface area contributed by atoms with Gasteiger partial charge in [-0.25, -0.2) is 9.37 Å². The number of rotatable bonds is 4. The Morgan fingerprint density at radius 2 is 1.88 bits per heavy atom. The summed E-state index contributed by atoms with van der Waals surface area (Å²) in [5.74, 6) is -1.34. The van der Waals surface area contributed by atoms with Crippen LogP contribution in [-0.2, 0) is 11.2 Å². The normalized spacial score (nSPS) is 10.5. The zero-order valence-electron chi connectivity index (χ0n) is 12.6. The Balaban J connectivity index is 1.53. The molecule has 9 heteroatoms. The van der Waals surface area contributed by atoms with Crippen LogP contribution in [0.15, 0.2) is 45.6 Å². The lowest BCUT2D eigenvalue weighted by Crippen LogP contribution is -2.42. The van der Waals surface area contributed by atoms with Crippen molar-refractivity contribution in [3.63, 3.8) is 0 Å². The molecule has 0 saturated carbocycles. The number of carbonyl (C=O) groups excluding carboxylic acids is 2. The van der Waals surface area contributed by atoms with Crippen LogP contribution in [0, 0.1) is 5.82 Å². The molecule has 3 aromatic rings. The molecule has 0 fully saturated rings. The van der Waals surface area contributed by atoms with Crippen LogP contribution in [0.4, 0.5) is 4.39 Å². The standard InChI is InChI=1S/C16H11BrFN3O2S2/c17-10-5-13(24-7-10)16-19-12(8-25-16)6-14(22)20-21-15(23)9-1-3-11(18)4-2-9/h1-5,7-8H,6H2,(H,20,22)(H,21,23). The predicted molar refractivity (Wildman–Crippen MR) is 98.8 cm³/mol. The summed E-state index contributed by atoms with van der Waals surface area (Å²) in [6.07, 6.45) is 0.0484. The van der Waals surface area contributed by atoms with E-state index < -0.39 is 11.7 Å².